The first-order chi connectivity index (χ1) is 24.0. The number of rotatable bonds is 14. The van der Waals surface area contributed by atoms with Gasteiger partial charge >= 0.3 is 0 Å². The molecule has 2 aliphatic rings. The molecule has 49 heavy (non-hydrogen) atoms. The van der Waals surface area contributed by atoms with Crippen molar-refractivity contribution in [2.45, 2.75) is 25.1 Å². The van der Waals surface area contributed by atoms with Crippen molar-refractivity contribution in [2.24, 2.45) is 5.16 Å². The Morgan fingerprint density at radius 2 is 1.37 bits per heavy atom. The highest BCUT2D eigenvalue weighted by Gasteiger charge is 2.28. The number of ether oxygens (including phenoxy) is 7. The summed E-state index contributed by atoms with van der Waals surface area (Å²) in [6.45, 7) is 0.773. The van der Waals surface area contributed by atoms with Crippen LogP contribution in [0.5, 0.6) is 40.2 Å². The van der Waals surface area contributed by atoms with Crippen molar-refractivity contribution in [1.82, 2.24) is 5.32 Å². The molecule has 4 aromatic carbocycles. The maximum atomic E-state index is 12.6. The van der Waals surface area contributed by atoms with Crippen molar-refractivity contribution in [1.29, 1.82) is 0 Å². The number of hydrogen-bond acceptors (Lipinski definition) is 11. The standard InChI is InChI=1S/C37H39N3O9/c1-42-28-13-11-22(27-21-30(49-40-27)24-19-33(44-3)35(46-5)34(20-24)45-4)17-32(28)48-16-8-15-47-29-14-12-23(18-31(29)43-2)36-38-26-10-7-6-9-25(26)37(41)39-36/h6-7,9-14,17-20,30,36,38H,8,15-16,21H2,1-5H3,(H,39,41). The zero-order valence-corrected chi connectivity index (χ0v) is 28.0. The van der Waals surface area contributed by atoms with Crippen LogP contribution in [0.15, 0.2) is 78.0 Å². The van der Waals surface area contributed by atoms with Crippen molar-refractivity contribution in [2.75, 3.05) is 54.1 Å². The number of methoxy groups -OCH3 is 5. The Balaban J connectivity index is 1.04. The molecule has 0 spiro atoms. The number of carbonyl (C=O) groups excluding carboxylic acids is 1. The molecule has 2 unspecified atom stereocenters. The first-order valence-corrected chi connectivity index (χ1v) is 15.8. The van der Waals surface area contributed by atoms with Crippen molar-refractivity contribution in [3.05, 3.63) is 95.1 Å². The van der Waals surface area contributed by atoms with Crippen LogP contribution in [0.4, 0.5) is 5.69 Å². The van der Waals surface area contributed by atoms with Crippen LogP contribution >= 0.6 is 0 Å². The van der Waals surface area contributed by atoms with Gasteiger partial charge < -0.3 is 48.6 Å². The van der Waals surface area contributed by atoms with E-state index in [2.05, 4.69) is 15.8 Å². The number of hydrogen-bond donors (Lipinski definition) is 2. The molecule has 0 fully saturated rings. The van der Waals surface area contributed by atoms with E-state index in [9.17, 15) is 4.79 Å². The van der Waals surface area contributed by atoms with Crippen molar-refractivity contribution >= 4 is 17.3 Å². The van der Waals surface area contributed by atoms with E-state index in [1.807, 2.05) is 66.7 Å². The molecule has 0 saturated heterocycles. The maximum absolute atomic E-state index is 12.6. The largest absolute Gasteiger partial charge is 0.493 e. The van der Waals surface area contributed by atoms with Gasteiger partial charge in [-0.15, -0.1) is 0 Å². The van der Waals surface area contributed by atoms with Gasteiger partial charge in [0.25, 0.3) is 5.91 Å². The monoisotopic (exact) mass is 669 g/mol. The number of anilines is 1. The number of para-hydroxylation sites is 1. The lowest BCUT2D eigenvalue weighted by atomic mass is 9.99. The summed E-state index contributed by atoms with van der Waals surface area (Å²) in [6.07, 6.45) is 0.414. The second-order valence-corrected chi connectivity index (χ2v) is 11.2. The number of benzene rings is 4. The molecule has 4 aromatic rings. The molecule has 12 heteroatoms. The molecule has 0 aromatic heterocycles. The van der Waals surface area contributed by atoms with E-state index in [4.69, 9.17) is 38.0 Å². The summed E-state index contributed by atoms with van der Waals surface area (Å²) in [6, 6.07) is 22.4. The van der Waals surface area contributed by atoms with Crippen molar-refractivity contribution in [3.8, 4) is 40.2 Å². The van der Waals surface area contributed by atoms with Crippen LogP contribution in [0, 0.1) is 0 Å². The molecule has 0 radical (unpaired) electrons. The summed E-state index contributed by atoms with van der Waals surface area (Å²) in [4.78, 5) is 18.4. The minimum absolute atomic E-state index is 0.134. The quantitative estimate of drug-likeness (QED) is 0.148. The van der Waals surface area contributed by atoms with E-state index >= 15 is 0 Å². The number of carbonyl (C=O) groups is 1. The van der Waals surface area contributed by atoms with Crippen molar-refractivity contribution < 1.29 is 42.8 Å². The average Bonchev–Trinajstić information content (AvgIpc) is 3.64. The molecular weight excluding hydrogens is 630 g/mol. The summed E-state index contributed by atoms with van der Waals surface area (Å²) in [5.74, 6) is 3.82. The van der Waals surface area contributed by atoms with Crippen LogP contribution in [0.2, 0.25) is 0 Å². The molecule has 2 aliphatic heterocycles. The van der Waals surface area contributed by atoms with Crippen molar-refractivity contribution in [3.63, 3.8) is 0 Å². The van der Waals surface area contributed by atoms with E-state index in [0.717, 1.165) is 28.1 Å². The third-order valence-electron chi connectivity index (χ3n) is 8.30. The van der Waals surface area contributed by atoms with E-state index in [1.54, 1.807) is 41.6 Å². The number of nitrogens with zero attached hydrogens (tertiary/aromatic N) is 1. The molecule has 0 aliphatic carbocycles. The molecule has 2 heterocycles. The van der Waals surface area contributed by atoms with E-state index in [-0.39, 0.29) is 12.0 Å². The lowest BCUT2D eigenvalue weighted by Gasteiger charge is -2.28. The molecule has 0 bridgehead atoms. The number of amides is 1. The first-order valence-electron chi connectivity index (χ1n) is 15.8. The van der Waals surface area contributed by atoms with Gasteiger partial charge in [0.15, 0.2) is 40.6 Å². The van der Waals surface area contributed by atoms with Crippen LogP contribution in [0.3, 0.4) is 0 Å². The number of nitrogens with one attached hydrogen (secondary N) is 2. The van der Waals surface area contributed by atoms with Gasteiger partial charge in [-0.2, -0.15) is 0 Å². The van der Waals surface area contributed by atoms with Gasteiger partial charge in [0, 0.05) is 29.7 Å². The number of oxime groups is 1. The van der Waals surface area contributed by atoms with Gasteiger partial charge in [-0.25, -0.2) is 0 Å². The molecule has 1 amide bonds. The molecule has 2 atom stereocenters. The molecular formula is C37H39N3O9. The Hall–Kier alpha value is -5.78. The summed E-state index contributed by atoms with van der Waals surface area (Å²) in [5, 5.41) is 10.7. The topological polar surface area (TPSA) is 127 Å². The molecule has 12 nitrogen and oxygen atoms in total. The lowest BCUT2D eigenvalue weighted by Crippen LogP contribution is -2.38. The summed E-state index contributed by atoms with van der Waals surface area (Å²) >= 11 is 0. The maximum Gasteiger partial charge on any atom is 0.255 e. The van der Waals surface area contributed by atoms with Gasteiger partial charge in [-0.05, 0) is 60.2 Å². The fraction of sp³-hybridized carbons (Fsp3) is 0.297. The van der Waals surface area contributed by atoms with E-state index < -0.39 is 6.17 Å². The fourth-order valence-electron chi connectivity index (χ4n) is 5.76. The highest BCUT2D eigenvalue weighted by molar-refractivity contribution is 6.02. The second kappa shape index (κ2) is 15.0. The van der Waals surface area contributed by atoms with E-state index in [0.29, 0.717) is 71.9 Å². The lowest BCUT2D eigenvalue weighted by molar-refractivity contribution is 0.0853. The predicted molar refractivity (Wildman–Crippen MR) is 183 cm³/mol. The molecule has 6 rings (SSSR count). The predicted octanol–water partition coefficient (Wildman–Crippen LogP) is 6.30. The zero-order chi connectivity index (χ0) is 34.3. The van der Waals surface area contributed by atoms with Crippen LogP contribution in [0.25, 0.3) is 0 Å². The smallest absolute Gasteiger partial charge is 0.255 e. The fourth-order valence-corrected chi connectivity index (χ4v) is 5.76. The summed E-state index contributed by atoms with van der Waals surface area (Å²) in [7, 11) is 7.91. The van der Waals surface area contributed by atoms with Crippen LogP contribution in [0.1, 0.15) is 52.2 Å². The average molecular weight is 670 g/mol. The Labute approximate surface area is 284 Å². The molecule has 0 saturated carbocycles. The second-order valence-electron chi connectivity index (χ2n) is 11.2. The zero-order valence-electron chi connectivity index (χ0n) is 28.0. The minimum Gasteiger partial charge on any atom is -0.493 e. The Bertz CT molecular complexity index is 1820. The van der Waals surface area contributed by atoms with Crippen LogP contribution in [-0.4, -0.2) is 60.4 Å². The van der Waals surface area contributed by atoms with Gasteiger partial charge in [-0.3, -0.25) is 4.79 Å². The highest BCUT2D eigenvalue weighted by atomic mass is 16.6. The SMILES string of the molecule is COc1cc(C2NC(=O)c3ccccc3N2)ccc1OCCCOc1cc(C2=NOC(c3cc(OC)c(OC)c(OC)c3)C2)ccc1OC. The third kappa shape index (κ3) is 7.08. The van der Waals surface area contributed by atoms with Gasteiger partial charge in [0.05, 0.1) is 60.0 Å². The number of fused-ring (bicyclic) bond motifs is 1. The summed E-state index contributed by atoms with van der Waals surface area (Å²) in [5.41, 5.74) is 4.72. The van der Waals surface area contributed by atoms with Crippen LogP contribution < -0.4 is 43.8 Å². The van der Waals surface area contributed by atoms with E-state index in [1.165, 1.54) is 0 Å². The summed E-state index contributed by atoms with van der Waals surface area (Å²) < 4.78 is 39.8. The molecule has 2 N–H and O–H groups in total. The van der Waals surface area contributed by atoms with Crippen LogP contribution in [-0.2, 0) is 4.84 Å². The Morgan fingerprint density at radius 3 is 2.08 bits per heavy atom. The van der Waals surface area contributed by atoms with Gasteiger partial charge in [0.1, 0.15) is 6.17 Å². The first kappa shape index (κ1) is 33.1. The molecule has 256 valence electrons. The Morgan fingerprint density at radius 1 is 0.694 bits per heavy atom. The third-order valence-corrected chi connectivity index (χ3v) is 8.30. The highest BCUT2D eigenvalue weighted by Crippen LogP contribution is 2.42. The normalized spacial score (nSPS) is 16.3. The van der Waals surface area contributed by atoms with Gasteiger partial charge in [-0.1, -0.05) is 23.4 Å². The Kier molecular flexibility index (Phi) is 10.1. The minimum atomic E-state index is -0.397. The van der Waals surface area contributed by atoms with Gasteiger partial charge in [0.2, 0.25) is 5.75 Å².